The first kappa shape index (κ1) is 23.8. The summed E-state index contributed by atoms with van der Waals surface area (Å²) in [4.78, 5) is 21.3. The lowest BCUT2D eigenvalue weighted by molar-refractivity contribution is -0.140. The number of ether oxygens (including phenoxy) is 1. The number of halogens is 5. The quantitative estimate of drug-likeness (QED) is 0.277. The Hall–Kier alpha value is -2.86. The number of fused-ring (bicyclic) bond motifs is 1. The number of hydrogen-bond acceptors (Lipinski definition) is 7. The molecule has 3 rings (SSSR count). The molecule has 1 aromatic carbocycles. The Morgan fingerprint density at radius 2 is 2.09 bits per heavy atom. The van der Waals surface area contributed by atoms with Gasteiger partial charge >= 0.3 is 12.2 Å². The van der Waals surface area contributed by atoms with Crippen LogP contribution >= 0.6 is 23.4 Å². The molecule has 1 amide bonds. The highest BCUT2D eigenvalue weighted by Crippen LogP contribution is 2.41. The maximum Gasteiger partial charge on any atom is 0.417 e. The van der Waals surface area contributed by atoms with Crippen LogP contribution in [0.15, 0.2) is 38.8 Å². The fraction of sp³-hybridized carbons (Fsp3) is 0.263. The molecule has 0 atom stereocenters. The van der Waals surface area contributed by atoms with Crippen molar-refractivity contribution in [2.45, 2.75) is 29.1 Å². The molecule has 13 heteroatoms. The molecule has 2 heterocycles. The number of aromatic nitrogens is 2. The molecule has 32 heavy (non-hydrogen) atoms. The lowest BCUT2D eigenvalue weighted by Gasteiger charge is -2.31. The second-order valence-electron chi connectivity index (χ2n) is 6.56. The van der Waals surface area contributed by atoms with Crippen molar-refractivity contribution < 1.29 is 27.1 Å². The van der Waals surface area contributed by atoms with E-state index in [1.54, 1.807) is 4.90 Å². The van der Waals surface area contributed by atoms with Crippen LogP contribution in [0.5, 0.6) is 6.01 Å². The molecule has 0 radical (unpaired) electrons. The zero-order valence-electron chi connectivity index (χ0n) is 16.5. The maximum absolute atomic E-state index is 13.5. The van der Waals surface area contributed by atoms with Crippen LogP contribution in [0.2, 0.25) is 0 Å². The van der Waals surface area contributed by atoms with Gasteiger partial charge in [-0.2, -0.15) is 23.1 Å². The minimum Gasteiger partial charge on any atom is -0.467 e. The van der Waals surface area contributed by atoms with Crippen molar-refractivity contribution in [3.8, 4) is 6.01 Å². The fourth-order valence-electron chi connectivity index (χ4n) is 3.09. The molecule has 1 aliphatic rings. The number of carbonyl (C=O) groups is 1. The normalized spacial score (nSPS) is 14.5. The summed E-state index contributed by atoms with van der Waals surface area (Å²) in [5, 5.41) is 7.46. The average molecular weight is 490 g/mol. The number of primary amides is 1. The second-order valence-corrected chi connectivity index (χ2v) is 7.97. The van der Waals surface area contributed by atoms with Gasteiger partial charge in [-0.15, -0.1) is 0 Å². The third-order valence-electron chi connectivity index (χ3n) is 4.56. The van der Waals surface area contributed by atoms with Crippen LogP contribution in [0.25, 0.3) is 0 Å². The molecule has 1 aliphatic heterocycles. The molecule has 0 fully saturated rings. The molecular weight excluding hydrogens is 474 g/mol. The summed E-state index contributed by atoms with van der Waals surface area (Å²) in [5.41, 5.74) is 5.18. The van der Waals surface area contributed by atoms with Gasteiger partial charge in [0.2, 0.25) is 0 Å². The Kier molecular flexibility index (Phi) is 6.94. The zero-order chi connectivity index (χ0) is 23.6. The summed E-state index contributed by atoms with van der Waals surface area (Å²) in [6.07, 6.45) is -3.58. The van der Waals surface area contributed by atoms with E-state index in [0.717, 1.165) is 30.1 Å². The monoisotopic (exact) mass is 489 g/mol. The number of methoxy groups -OCH3 is 1. The van der Waals surface area contributed by atoms with Gasteiger partial charge in [-0.3, -0.25) is 4.79 Å². The second kappa shape index (κ2) is 9.33. The number of allylic oxidation sites excluding steroid dienone is 1. The van der Waals surface area contributed by atoms with Gasteiger partial charge < -0.3 is 20.8 Å². The Balaban J connectivity index is 2.04. The van der Waals surface area contributed by atoms with Crippen molar-refractivity contribution in [2.75, 3.05) is 13.7 Å². The summed E-state index contributed by atoms with van der Waals surface area (Å²) in [6, 6.07) is 2.34. The number of hydrogen-bond donors (Lipinski definition) is 2. The van der Waals surface area contributed by atoms with Gasteiger partial charge in [-0.05, 0) is 24.6 Å². The molecule has 7 nitrogen and oxygen atoms in total. The van der Waals surface area contributed by atoms with Crippen LogP contribution in [0, 0.1) is 11.2 Å². The number of nitrogens with one attached hydrogen (secondary N) is 1. The fourth-order valence-corrected chi connectivity index (χ4v) is 4.36. The topological polar surface area (TPSA) is 105 Å². The van der Waals surface area contributed by atoms with Crippen molar-refractivity contribution in [1.82, 2.24) is 14.9 Å². The van der Waals surface area contributed by atoms with Crippen molar-refractivity contribution in [3.63, 3.8) is 0 Å². The molecule has 3 N–H and O–H groups in total. The first-order valence-corrected chi connectivity index (χ1v) is 10.2. The van der Waals surface area contributed by atoms with E-state index in [-0.39, 0.29) is 46.2 Å². The van der Waals surface area contributed by atoms with Gasteiger partial charge in [-0.25, -0.2) is 4.39 Å². The summed E-state index contributed by atoms with van der Waals surface area (Å²) >= 11 is 6.65. The molecule has 0 saturated carbocycles. The Morgan fingerprint density at radius 1 is 1.38 bits per heavy atom. The zero-order valence-corrected chi connectivity index (χ0v) is 18.0. The molecule has 1 aromatic heterocycles. The predicted molar refractivity (Wildman–Crippen MR) is 109 cm³/mol. The third kappa shape index (κ3) is 4.96. The summed E-state index contributed by atoms with van der Waals surface area (Å²) in [5.74, 6) is -1.90. The van der Waals surface area contributed by atoms with E-state index in [9.17, 15) is 22.4 Å². The highest BCUT2D eigenvalue weighted by Gasteiger charge is 2.35. The molecule has 170 valence electrons. The first-order chi connectivity index (χ1) is 15.0. The van der Waals surface area contributed by atoms with Gasteiger partial charge in [0.15, 0.2) is 0 Å². The van der Waals surface area contributed by atoms with Gasteiger partial charge in [-0.1, -0.05) is 23.4 Å². The predicted octanol–water partition coefficient (Wildman–Crippen LogP) is 3.74. The number of nitrogens with zero attached hydrogens (tertiary/aromatic N) is 3. The molecule has 0 aliphatic carbocycles. The Labute approximate surface area is 189 Å². The number of nitrogens with two attached hydrogens (primary N) is 1. The number of alkyl halides is 3. The van der Waals surface area contributed by atoms with Gasteiger partial charge in [0, 0.05) is 23.2 Å². The highest BCUT2D eigenvalue weighted by molar-refractivity contribution is 7.99. The van der Waals surface area contributed by atoms with E-state index in [4.69, 9.17) is 27.5 Å². The van der Waals surface area contributed by atoms with Crippen LogP contribution in [-0.2, 0) is 23.9 Å². The Morgan fingerprint density at radius 3 is 2.69 bits per heavy atom. The third-order valence-corrected chi connectivity index (χ3v) is 6.05. The van der Waals surface area contributed by atoms with Crippen molar-refractivity contribution in [3.05, 3.63) is 51.6 Å². The van der Waals surface area contributed by atoms with Crippen LogP contribution in [0.4, 0.5) is 17.6 Å². The van der Waals surface area contributed by atoms with Gasteiger partial charge in [0.05, 0.1) is 30.6 Å². The largest absolute Gasteiger partial charge is 0.467 e. The summed E-state index contributed by atoms with van der Waals surface area (Å²) < 4.78 is 58.8. The smallest absolute Gasteiger partial charge is 0.417 e. The van der Waals surface area contributed by atoms with E-state index < -0.39 is 23.5 Å². The van der Waals surface area contributed by atoms with Crippen molar-refractivity contribution >= 4 is 35.5 Å². The van der Waals surface area contributed by atoms with E-state index in [1.165, 1.54) is 7.11 Å². The first-order valence-electron chi connectivity index (χ1n) is 8.98. The van der Waals surface area contributed by atoms with Gasteiger partial charge in [0.1, 0.15) is 15.9 Å². The number of rotatable bonds is 6. The summed E-state index contributed by atoms with van der Waals surface area (Å²) in [6.45, 7) is 0.367. The highest BCUT2D eigenvalue weighted by atomic mass is 35.5. The maximum atomic E-state index is 13.5. The summed E-state index contributed by atoms with van der Waals surface area (Å²) in [7, 11) is 1.31. The minimum absolute atomic E-state index is 0.0786. The van der Waals surface area contributed by atoms with Crippen LogP contribution in [0.1, 0.15) is 16.8 Å². The van der Waals surface area contributed by atoms with Crippen LogP contribution in [0.3, 0.4) is 0 Å². The van der Waals surface area contributed by atoms with E-state index in [2.05, 4.69) is 9.97 Å². The standard InChI is InChI=1S/C19H16ClF4N5O2S/c1-31-18-27-12-8-29(13(7-25)15(20)16(26)30)5-4-10(12)17(28-18)32-14-3-2-9(21)6-11(14)19(22,23)24/h2-3,6-7,25H,4-5,8H2,1H3,(H2,26,30)/b15-13-,25-7?. The lowest BCUT2D eigenvalue weighted by Crippen LogP contribution is -2.33. The van der Waals surface area contributed by atoms with Crippen LogP contribution < -0.4 is 10.5 Å². The lowest BCUT2D eigenvalue weighted by atomic mass is 10.1. The van der Waals surface area contributed by atoms with E-state index in [0.29, 0.717) is 17.3 Å². The number of benzene rings is 1. The average Bonchev–Trinajstić information content (AvgIpc) is 2.74. The molecule has 0 saturated heterocycles. The van der Waals surface area contributed by atoms with Gasteiger partial charge in [0.25, 0.3) is 5.91 Å². The minimum atomic E-state index is -4.76. The van der Waals surface area contributed by atoms with E-state index in [1.807, 2.05) is 0 Å². The molecule has 2 aromatic rings. The van der Waals surface area contributed by atoms with E-state index >= 15 is 0 Å². The molecule has 0 spiro atoms. The van der Waals surface area contributed by atoms with Crippen LogP contribution in [-0.4, -0.2) is 40.6 Å². The number of amides is 1. The number of carbonyl (C=O) groups excluding carboxylic acids is 1. The Bertz CT molecular complexity index is 1110. The SMILES string of the molecule is COc1nc2c(c(Sc3ccc(F)cc3C(F)(F)F)n1)CCN(/C(C=N)=C(\Cl)C(N)=O)C2. The molecule has 0 bridgehead atoms. The van der Waals surface area contributed by atoms with Crippen molar-refractivity contribution in [2.24, 2.45) is 5.73 Å². The van der Waals surface area contributed by atoms with Crippen molar-refractivity contribution in [1.29, 1.82) is 5.41 Å². The molecular formula is C19H16ClF4N5O2S. The molecule has 0 unspecified atom stereocenters.